The zero-order valence-electron chi connectivity index (χ0n) is 14.0. The molecule has 0 radical (unpaired) electrons. The smallest absolute Gasteiger partial charge is 0.220 e. The van der Waals surface area contributed by atoms with Gasteiger partial charge in [0.2, 0.25) is 5.91 Å². The van der Waals surface area contributed by atoms with E-state index in [2.05, 4.69) is 12.2 Å². The van der Waals surface area contributed by atoms with Gasteiger partial charge in [-0.2, -0.15) is 0 Å². The summed E-state index contributed by atoms with van der Waals surface area (Å²) in [5, 5.41) is 11.9. The molecule has 0 heterocycles. The van der Waals surface area contributed by atoms with Crippen molar-refractivity contribution in [2.45, 2.75) is 84.2 Å². The number of aliphatic hydroxyl groups is 1. The molecule has 0 fully saturated rings. The summed E-state index contributed by atoms with van der Waals surface area (Å²) in [7, 11) is 0. The molecule has 0 aliphatic carbocycles. The number of carbonyl (C=O) groups excluding carboxylic acids is 1. The largest absolute Gasteiger partial charge is 0.394 e. The van der Waals surface area contributed by atoms with Crippen molar-refractivity contribution < 1.29 is 14.6 Å². The molecule has 0 bridgehead atoms. The average Bonchev–Trinajstić information content (AvgIpc) is 2.49. The van der Waals surface area contributed by atoms with Gasteiger partial charge in [0.05, 0.1) is 12.7 Å². The quantitative estimate of drug-likeness (QED) is 0.456. The van der Waals surface area contributed by atoms with Gasteiger partial charge in [0.1, 0.15) is 0 Å². The summed E-state index contributed by atoms with van der Waals surface area (Å²) in [5.74, 6) is 0.0658. The van der Waals surface area contributed by atoms with Gasteiger partial charge >= 0.3 is 0 Å². The lowest BCUT2D eigenvalue weighted by molar-refractivity contribution is -0.122. The van der Waals surface area contributed by atoms with E-state index in [-0.39, 0.29) is 18.6 Å². The Morgan fingerprint density at radius 1 is 1.00 bits per heavy atom. The minimum atomic E-state index is -0.276. The Kier molecular flexibility index (Phi) is 15.3. The molecule has 4 nitrogen and oxygen atoms in total. The fourth-order valence-electron chi connectivity index (χ4n) is 2.32. The van der Waals surface area contributed by atoms with Crippen molar-refractivity contribution in [2.75, 3.05) is 19.8 Å². The molecular weight excluding hydrogens is 266 g/mol. The second kappa shape index (κ2) is 15.8. The molecule has 0 rings (SSSR count). The van der Waals surface area contributed by atoms with Gasteiger partial charge in [0.15, 0.2) is 0 Å². The third kappa shape index (κ3) is 14.1. The van der Waals surface area contributed by atoms with Crippen LogP contribution in [0, 0.1) is 0 Å². The Bertz CT molecular complexity index is 234. The SMILES string of the molecule is CCCCCCCCCCCC(=O)NC[C@@H](CO)OCC. The van der Waals surface area contributed by atoms with E-state index in [9.17, 15) is 4.79 Å². The minimum absolute atomic E-state index is 0.0495. The molecule has 0 saturated heterocycles. The Morgan fingerprint density at radius 2 is 1.57 bits per heavy atom. The standard InChI is InChI=1S/C17H35NO3/c1-3-5-6-7-8-9-10-11-12-13-17(20)18-14-16(15-19)21-4-2/h16,19H,3-15H2,1-2H3,(H,18,20)/t16-/m0/s1. The lowest BCUT2D eigenvalue weighted by Gasteiger charge is -2.14. The molecule has 0 unspecified atom stereocenters. The minimum Gasteiger partial charge on any atom is -0.394 e. The Labute approximate surface area is 130 Å². The van der Waals surface area contributed by atoms with E-state index in [4.69, 9.17) is 9.84 Å². The summed E-state index contributed by atoms with van der Waals surface area (Å²) in [6.07, 6.45) is 11.6. The summed E-state index contributed by atoms with van der Waals surface area (Å²) in [5.41, 5.74) is 0. The molecule has 126 valence electrons. The number of nitrogens with one attached hydrogen (secondary N) is 1. The highest BCUT2D eigenvalue weighted by molar-refractivity contribution is 5.75. The summed E-state index contributed by atoms with van der Waals surface area (Å²) < 4.78 is 5.27. The predicted molar refractivity (Wildman–Crippen MR) is 87.4 cm³/mol. The molecule has 0 aliphatic heterocycles. The van der Waals surface area contributed by atoms with Crippen LogP contribution in [-0.2, 0) is 9.53 Å². The highest BCUT2D eigenvalue weighted by Gasteiger charge is 2.08. The van der Waals surface area contributed by atoms with Crippen LogP contribution in [0.1, 0.15) is 78.1 Å². The summed E-state index contributed by atoms with van der Waals surface area (Å²) in [4.78, 5) is 11.6. The molecule has 0 saturated carbocycles. The van der Waals surface area contributed by atoms with Crippen molar-refractivity contribution in [3.05, 3.63) is 0 Å². The number of unbranched alkanes of at least 4 members (excludes halogenated alkanes) is 8. The van der Waals surface area contributed by atoms with E-state index in [1.165, 1.54) is 44.9 Å². The number of aliphatic hydroxyl groups excluding tert-OH is 1. The molecule has 2 N–H and O–H groups in total. The molecule has 1 amide bonds. The van der Waals surface area contributed by atoms with E-state index >= 15 is 0 Å². The van der Waals surface area contributed by atoms with Gasteiger partial charge in [-0.1, -0.05) is 58.3 Å². The van der Waals surface area contributed by atoms with Gasteiger partial charge in [0, 0.05) is 19.6 Å². The fourth-order valence-corrected chi connectivity index (χ4v) is 2.32. The van der Waals surface area contributed by atoms with Crippen LogP contribution in [0.2, 0.25) is 0 Å². The van der Waals surface area contributed by atoms with Crippen molar-refractivity contribution >= 4 is 5.91 Å². The Hall–Kier alpha value is -0.610. The van der Waals surface area contributed by atoms with E-state index in [1.54, 1.807) is 0 Å². The molecule has 0 aromatic carbocycles. The molecule has 0 spiro atoms. The van der Waals surface area contributed by atoms with E-state index in [0.717, 1.165) is 12.8 Å². The van der Waals surface area contributed by atoms with Crippen LogP contribution in [0.15, 0.2) is 0 Å². The fraction of sp³-hybridized carbons (Fsp3) is 0.941. The zero-order valence-corrected chi connectivity index (χ0v) is 14.0. The second-order valence-electron chi connectivity index (χ2n) is 5.64. The number of carbonyl (C=O) groups is 1. The number of hydrogen-bond acceptors (Lipinski definition) is 3. The predicted octanol–water partition coefficient (Wildman–Crippen LogP) is 3.42. The first-order valence-electron chi connectivity index (χ1n) is 8.73. The average molecular weight is 301 g/mol. The van der Waals surface area contributed by atoms with Gasteiger partial charge in [-0.25, -0.2) is 0 Å². The highest BCUT2D eigenvalue weighted by atomic mass is 16.5. The summed E-state index contributed by atoms with van der Waals surface area (Å²) >= 11 is 0. The van der Waals surface area contributed by atoms with Crippen LogP contribution in [0.5, 0.6) is 0 Å². The third-order valence-electron chi connectivity index (χ3n) is 3.64. The lowest BCUT2D eigenvalue weighted by atomic mass is 10.1. The van der Waals surface area contributed by atoms with Crippen LogP contribution in [0.3, 0.4) is 0 Å². The Balaban J connectivity index is 3.33. The van der Waals surface area contributed by atoms with Crippen molar-refractivity contribution in [1.82, 2.24) is 5.32 Å². The number of ether oxygens (including phenoxy) is 1. The maximum Gasteiger partial charge on any atom is 0.220 e. The first-order chi connectivity index (χ1) is 10.2. The first-order valence-corrected chi connectivity index (χ1v) is 8.73. The highest BCUT2D eigenvalue weighted by Crippen LogP contribution is 2.10. The van der Waals surface area contributed by atoms with Gasteiger partial charge in [-0.05, 0) is 13.3 Å². The van der Waals surface area contributed by atoms with Crippen LogP contribution in [-0.4, -0.2) is 36.9 Å². The molecule has 21 heavy (non-hydrogen) atoms. The van der Waals surface area contributed by atoms with Gasteiger partial charge in [0.25, 0.3) is 0 Å². The van der Waals surface area contributed by atoms with Crippen LogP contribution in [0.4, 0.5) is 0 Å². The first kappa shape index (κ1) is 20.4. The summed E-state index contributed by atoms with van der Waals surface area (Å²) in [6, 6.07) is 0. The monoisotopic (exact) mass is 301 g/mol. The molecule has 1 atom stereocenters. The van der Waals surface area contributed by atoms with Crippen molar-refractivity contribution in [3.63, 3.8) is 0 Å². The molecular formula is C17H35NO3. The molecule has 0 aromatic rings. The maximum atomic E-state index is 11.6. The van der Waals surface area contributed by atoms with Crippen molar-refractivity contribution in [1.29, 1.82) is 0 Å². The van der Waals surface area contributed by atoms with Crippen LogP contribution >= 0.6 is 0 Å². The van der Waals surface area contributed by atoms with Crippen molar-refractivity contribution in [3.8, 4) is 0 Å². The lowest BCUT2D eigenvalue weighted by Crippen LogP contribution is -2.35. The van der Waals surface area contributed by atoms with Crippen LogP contribution in [0.25, 0.3) is 0 Å². The number of amides is 1. The maximum absolute atomic E-state index is 11.6. The van der Waals surface area contributed by atoms with E-state index in [1.807, 2.05) is 6.92 Å². The number of hydrogen-bond donors (Lipinski definition) is 2. The summed E-state index contributed by atoms with van der Waals surface area (Å²) in [6.45, 7) is 5.03. The van der Waals surface area contributed by atoms with Crippen LogP contribution < -0.4 is 5.32 Å². The normalized spacial score (nSPS) is 12.3. The van der Waals surface area contributed by atoms with Gasteiger partial charge in [-0.3, -0.25) is 4.79 Å². The number of rotatable bonds is 15. The van der Waals surface area contributed by atoms with E-state index in [0.29, 0.717) is 19.6 Å². The van der Waals surface area contributed by atoms with Gasteiger partial charge in [-0.15, -0.1) is 0 Å². The third-order valence-corrected chi connectivity index (χ3v) is 3.64. The molecule has 4 heteroatoms. The molecule has 0 aromatic heterocycles. The topological polar surface area (TPSA) is 58.6 Å². The zero-order chi connectivity index (χ0) is 15.8. The Morgan fingerprint density at radius 3 is 2.10 bits per heavy atom. The van der Waals surface area contributed by atoms with E-state index < -0.39 is 0 Å². The van der Waals surface area contributed by atoms with Gasteiger partial charge < -0.3 is 15.2 Å². The second-order valence-corrected chi connectivity index (χ2v) is 5.64. The molecule has 0 aliphatic rings. The van der Waals surface area contributed by atoms with Crippen molar-refractivity contribution in [2.24, 2.45) is 0 Å².